The Morgan fingerprint density at radius 1 is 0.964 bits per heavy atom. The van der Waals surface area contributed by atoms with E-state index >= 15 is 0 Å². The highest BCUT2D eigenvalue weighted by Crippen LogP contribution is 2.39. The van der Waals surface area contributed by atoms with Gasteiger partial charge in [0.25, 0.3) is 11.7 Å². The van der Waals surface area contributed by atoms with E-state index < -0.39 is 77.8 Å². The van der Waals surface area contributed by atoms with E-state index in [4.69, 9.17) is 35.3 Å². The van der Waals surface area contributed by atoms with Crippen molar-refractivity contribution in [2.24, 2.45) is 29.6 Å². The number of piperidine rings is 1. The zero-order chi connectivity index (χ0) is 41.5. The third-order valence-electron chi connectivity index (χ3n) is 12.8. The Kier molecular flexibility index (Phi) is 17.2. The second-order valence-corrected chi connectivity index (χ2v) is 17.7. The number of methoxy groups -OCH3 is 3. The summed E-state index contributed by atoms with van der Waals surface area (Å²) in [5.41, 5.74) is 1.71. The molecule has 1 amide bonds. The largest absolute Gasteiger partial charge is 0.456 e. The molecule has 0 aromatic heterocycles. The molecule has 2 saturated heterocycles. The predicted molar refractivity (Wildman–Crippen MR) is 212 cm³/mol. The molecular formula is C43H68ClNO11. The van der Waals surface area contributed by atoms with Gasteiger partial charge in [-0.25, -0.2) is 4.79 Å². The van der Waals surface area contributed by atoms with Crippen molar-refractivity contribution in [2.45, 2.75) is 166 Å². The van der Waals surface area contributed by atoms with Crippen LogP contribution in [0.5, 0.6) is 0 Å². The fraction of sp³-hybridized carbons (Fsp3) is 0.814. The summed E-state index contributed by atoms with van der Waals surface area (Å²) in [6.07, 6.45) is 5.16. The van der Waals surface area contributed by atoms with Crippen LogP contribution in [0.25, 0.3) is 0 Å². The number of hydrogen-bond donors (Lipinski definition) is 2. The van der Waals surface area contributed by atoms with E-state index in [2.05, 4.69) is 6.92 Å². The number of amides is 1. The molecule has 1 saturated carbocycles. The third-order valence-corrected chi connectivity index (χ3v) is 13.3. The normalized spacial score (nSPS) is 41.6. The number of hydrogen-bond acceptors (Lipinski definition) is 11. The van der Waals surface area contributed by atoms with E-state index in [1.165, 1.54) is 19.1 Å². The van der Waals surface area contributed by atoms with Crippen LogP contribution in [0.15, 0.2) is 23.3 Å². The molecule has 0 unspecified atom stereocenters. The van der Waals surface area contributed by atoms with Gasteiger partial charge in [-0.15, -0.1) is 11.6 Å². The molecule has 0 aromatic carbocycles. The van der Waals surface area contributed by atoms with E-state index in [1.54, 1.807) is 21.0 Å². The average Bonchev–Trinajstić information content (AvgIpc) is 3.18. The van der Waals surface area contributed by atoms with Gasteiger partial charge in [0.1, 0.15) is 24.0 Å². The van der Waals surface area contributed by atoms with Crippen LogP contribution < -0.4 is 0 Å². The van der Waals surface area contributed by atoms with Crippen LogP contribution in [0.2, 0.25) is 0 Å². The molecule has 1 aliphatic carbocycles. The number of carbonyl (C=O) groups is 4. The first-order valence-corrected chi connectivity index (χ1v) is 21.2. The van der Waals surface area contributed by atoms with Crippen LogP contribution in [0.4, 0.5) is 0 Å². The molecule has 14 atom stereocenters. The molecule has 2 N–H and O–H groups in total. The van der Waals surface area contributed by atoms with E-state index in [-0.39, 0.29) is 54.9 Å². The quantitative estimate of drug-likeness (QED) is 0.146. The Labute approximate surface area is 339 Å². The van der Waals surface area contributed by atoms with Crippen molar-refractivity contribution in [1.82, 2.24) is 4.90 Å². The summed E-state index contributed by atoms with van der Waals surface area (Å²) in [6, 6.07) is -1.12. The van der Waals surface area contributed by atoms with Crippen LogP contribution in [0.1, 0.15) is 112 Å². The number of rotatable bonds is 6. The van der Waals surface area contributed by atoms with Crippen LogP contribution in [-0.2, 0) is 42.9 Å². The van der Waals surface area contributed by atoms with Gasteiger partial charge in [0.2, 0.25) is 5.79 Å². The Hall–Kier alpha value is -2.19. The SMILES string of the molecule is CC[C@@H]1/C=C(\C)C[C@H](C)C[C@H](OC)[C@H]2O[C@@](O)(C(=O)C(=O)N3CCCC[C@H]3C(=O)O[C@H](/C(C)=C/[C@H]3CC[C@@H](Cl)[C@@H](OC)C3)[C@H](C)[C@@H](O)CC1=O)[C@H](C)C[C@@H]2OC. The van der Waals surface area contributed by atoms with Crippen molar-refractivity contribution in [3.05, 3.63) is 23.3 Å². The number of halogens is 1. The topological polar surface area (TPSA) is 158 Å². The predicted octanol–water partition coefficient (Wildman–Crippen LogP) is 5.72. The summed E-state index contributed by atoms with van der Waals surface area (Å²) in [7, 11) is 4.71. The van der Waals surface area contributed by atoms with Crippen molar-refractivity contribution in [2.75, 3.05) is 27.9 Å². The lowest BCUT2D eigenvalue weighted by Gasteiger charge is -2.47. The monoisotopic (exact) mass is 809 g/mol. The number of esters is 1. The van der Waals surface area contributed by atoms with Gasteiger partial charge < -0.3 is 38.8 Å². The van der Waals surface area contributed by atoms with Crippen molar-refractivity contribution in [3.8, 4) is 0 Å². The number of aliphatic hydroxyl groups excluding tert-OH is 1. The van der Waals surface area contributed by atoms with Crippen LogP contribution in [0, 0.1) is 29.6 Å². The molecule has 3 heterocycles. The van der Waals surface area contributed by atoms with Gasteiger partial charge in [-0.05, 0) is 95.5 Å². The number of allylic oxidation sites excluding steroid dienone is 3. The maximum atomic E-state index is 14.3. The number of ether oxygens (including phenoxy) is 5. The molecule has 56 heavy (non-hydrogen) atoms. The molecule has 4 aliphatic rings. The van der Waals surface area contributed by atoms with Gasteiger partial charge in [-0.2, -0.15) is 0 Å². The first-order valence-electron chi connectivity index (χ1n) is 20.7. The van der Waals surface area contributed by atoms with Crippen LogP contribution in [0.3, 0.4) is 0 Å². The molecule has 13 heteroatoms. The lowest BCUT2D eigenvalue weighted by atomic mass is 9.82. The second-order valence-electron chi connectivity index (χ2n) is 17.1. The van der Waals surface area contributed by atoms with Crippen molar-refractivity contribution in [1.29, 1.82) is 0 Å². The van der Waals surface area contributed by atoms with Crippen molar-refractivity contribution < 1.29 is 53.1 Å². The van der Waals surface area contributed by atoms with Crippen molar-refractivity contribution >= 4 is 35.0 Å². The zero-order valence-electron chi connectivity index (χ0n) is 35.0. The minimum absolute atomic E-state index is 0.0425. The molecule has 2 bridgehead atoms. The summed E-state index contributed by atoms with van der Waals surface area (Å²) in [5, 5.41) is 23.6. The minimum Gasteiger partial charge on any atom is -0.456 e. The first kappa shape index (κ1) is 46.5. The number of fused-ring (bicyclic) bond motifs is 3. The number of Topliss-reactive ketones (excluding diaryl/α,β-unsaturated/α-hetero) is 2. The molecule has 0 spiro atoms. The highest BCUT2D eigenvalue weighted by molar-refractivity contribution is 6.39. The van der Waals surface area contributed by atoms with E-state index in [0.717, 1.165) is 18.4 Å². The fourth-order valence-corrected chi connectivity index (χ4v) is 9.69. The molecule has 4 rings (SSSR count). The van der Waals surface area contributed by atoms with Crippen LogP contribution >= 0.6 is 11.6 Å². The Morgan fingerprint density at radius 3 is 2.27 bits per heavy atom. The molecule has 3 fully saturated rings. The number of ketones is 2. The minimum atomic E-state index is -2.49. The molecule has 3 aliphatic heterocycles. The summed E-state index contributed by atoms with van der Waals surface area (Å²) < 4.78 is 29.9. The smallest absolute Gasteiger partial charge is 0.329 e. The molecule has 0 aromatic rings. The van der Waals surface area contributed by atoms with Crippen LogP contribution in [-0.4, -0.2) is 120 Å². The number of carbonyl (C=O) groups excluding carboxylic acids is 4. The van der Waals surface area contributed by atoms with E-state index in [0.29, 0.717) is 44.1 Å². The summed E-state index contributed by atoms with van der Waals surface area (Å²) in [4.78, 5) is 57.7. The third kappa shape index (κ3) is 10.9. The molecular weight excluding hydrogens is 742 g/mol. The lowest BCUT2D eigenvalue weighted by molar-refractivity contribution is -0.302. The van der Waals surface area contributed by atoms with Gasteiger partial charge in [0, 0.05) is 52.0 Å². The van der Waals surface area contributed by atoms with Gasteiger partial charge in [0.05, 0.1) is 29.8 Å². The number of cyclic esters (lactones) is 1. The van der Waals surface area contributed by atoms with E-state index in [9.17, 15) is 29.4 Å². The first-order chi connectivity index (χ1) is 26.5. The second kappa shape index (κ2) is 20.7. The molecule has 318 valence electrons. The molecule has 12 nitrogen and oxygen atoms in total. The zero-order valence-corrected chi connectivity index (χ0v) is 35.8. The number of alkyl halides is 1. The maximum Gasteiger partial charge on any atom is 0.329 e. The van der Waals surface area contributed by atoms with Gasteiger partial charge >= 0.3 is 5.97 Å². The summed E-state index contributed by atoms with van der Waals surface area (Å²) in [5.74, 6) is -7.31. The lowest BCUT2D eigenvalue weighted by Crippen LogP contribution is -2.64. The van der Waals surface area contributed by atoms with E-state index in [1.807, 2.05) is 32.9 Å². The van der Waals surface area contributed by atoms with Gasteiger partial charge in [-0.3, -0.25) is 14.4 Å². The highest BCUT2D eigenvalue weighted by Gasteiger charge is 2.56. The number of aliphatic hydroxyl groups is 2. The average molecular weight is 810 g/mol. The highest BCUT2D eigenvalue weighted by atomic mass is 35.5. The number of nitrogens with zero attached hydrogens (tertiary/aromatic N) is 1. The standard InChI is InChI=1S/C43H68ClNO11/c1-10-30-18-24(2)17-25(3)19-36(53-8)39-37(54-9)21-27(5)43(51,56-39)40(48)41(49)45-16-12-11-13-32(45)42(50)55-38(28(6)33(46)23-34(30)47)26(4)20-29-14-15-31(44)35(22-29)52-7/h18,20,25,27-33,35-39,46,51H,10-17,19,21-23H2,1-9H3/b24-18+,26-20+/t25-,27+,28+,29+,30+,31+,32-,33-,35-,36-,37-,38+,39+,43+/m0/s1. The fourth-order valence-electron chi connectivity index (χ4n) is 9.36. The Bertz CT molecular complexity index is 1440. The Balaban J connectivity index is 1.76. The maximum absolute atomic E-state index is 14.3. The molecule has 0 radical (unpaired) electrons. The summed E-state index contributed by atoms with van der Waals surface area (Å²) in [6.45, 7) is 11.3. The summed E-state index contributed by atoms with van der Waals surface area (Å²) >= 11 is 6.52. The van der Waals surface area contributed by atoms with Gasteiger partial charge in [0.15, 0.2) is 0 Å². The van der Waals surface area contributed by atoms with Gasteiger partial charge in [-0.1, -0.05) is 45.4 Å². The van der Waals surface area contributed by atoms with Crippen molar-refractivity contribution in [3.63, 3.8) is 0 Å². The Morgan fingerprint density at radius 2 is 1.62 bits per heavy atom.